The summed E-state index contributed by atoms with van der Waals surface area (Å²) >= 11 is 0. The predicted octanol–water partition coefficient (Wildman–Crippen LogP) is 2.37. The van der Waals surface area contributed by atoms with Crippen molar-refractivity contribution in [1.82, 2.24) is 10.2 Å². The van der Waals surface area contributed by atoms with E-state index in [0.717, 1.165) is 31.2 Å². The molecule has 3 unspecified atom stereocenters. The highest BCUT2D eigenvalue weighted by Gasteiger charge is 2.33. The fourth-order valence-electron chi connectivity index (χ4n) is 3.27. The summed E-state index contributed by atoms with van der Waals surface area (Å²) in [6, 6.07) is 0. The molecule has 1 N–H and O–H groups in total. The van der Waals surface area contributed by atoms with Gasteiger partial charge in [0.1, 0.15) is 0 Å². The second-order valence-electron chi connectivity index (χ2n) is 5.75. The van der Waals surface area contributed by atoms with Gasteiger partial charge < -0.3 is 4.90 Å². The molecule has 0 aromatic heterocycles. The van der Waals surface area contributed by atoms with E-state index in [0.29, 0.717) is 18.6 Å². The second kappa shape index (κ2) is 5.85. The first-order chi connectivity index (χ1) is 8.22. The topological polar surface area (TPSA) is 32.3 Å². The molecule has 3 heteroatoms. The van der Waals surface area contributed by atoms with E-state index in [9.17, 15) is 4.79 Å². The average molecular weight is 238 g/mol. The van der Waals surface area contributed by atoms with Crippen molar-refractivity contribution in [2.75, 3.05) is 13.1 Å². The Morgan fingerprint density at radius 1 is 1.35 bits per heavy atom. The van der Waals surface area contributed by atoms with Crippen LogP contribution < -0.4 is 5.32 Å². The third kappa shape index (κ3) is 3.01. The molecular weight excluding hydrogens is 212 g/mol. The SMILES string of the molecule is CCCC1NCC(=O)N1CC1CCCCC1C. The molecule has 17 heavy (non-hydrogen) atoms. The maximum absolute atomic E-state index is 11.9. The Labute approximate surface area is 105 Å². The number of nitrogens with zero attached hydrogens (tertiary/aromatic N) is 1. The van der Waals surface area contributed by atoms with Crippen LogP contribution in [0.15, 0.2) is 0 Å². The molecule has 1 saturated heterocycles. The van der Waals surface area contributed by atoms with Crippen LogP contribution in [0, 0.1) is 11.8 Å². The Balaban J connectivity index is 1.92. The monoisotopic (exact) mass is 238 g/mol. The Morgan fingerprint density at radius 2 is 2.12 bits per heavy atom. The second-order valence-corrected chi connectivity index (χ2v) is 5.75. The van der Waals surface area contributed by atoms with Gasteiger partial charge in [-0.3, -0.25) is 10.1 Å². The smallest absolute Gasteiger partial charge is 0.237 e. The number of nitrogens with one attached hydrogen (secondary N) is 1. The van der Waals surface area contributed by atoms with E-state index in [2.05, 4.69) is 24.1 Å². The average Bonchev–Trinajstić information content (AvgIpc) is 2.65. The molecule has 1 amide bonds. The lowest BCUT2D eigenvalue weighted by molar-refractivity contribution is -0.129. The minimum absolute atomic E-state index is 0.307. The van der Waals surface area contributed by atoms with E-state index in [-0.39, 0.29) is 0 Å². The zero-order valence-corrected chi connectivity index (χ0v) is 11.2. The molecule has 3 nitrogen and oxygen atoms in total. The number of rotatable bonds is 4. The van der Waals surface area contributed by atoms with Gasteiger partial charge >= 0.3 is 0 Å². The van der Waals surface area contributed by atoms with Crippen molar-refractivity contribution in [3.63, 3.8) is 0 Å². The summed E-state index contributed by atoms with van der Waals surface area (Å²) in [6.45, 7) is 6.07. The Morgan fingerprint density at radius 3 is 2.82 bits per heavy atom. The van der Waals surface area contributed by atoms with Crippen LogP contribution in [0.3, 0.4) is 0 Å². The van der Waals surface area contributed by atoms with Crippen molar-refractivity contribution >= 4 is 5.91 Å². The van der Waals surface area contributed by atoms with Crippen LogP contribution in [0.5, 0.6) is 0 Å². The summed E-state index contributed by atoms with van der Waals surface area (Å²) in [5.41, 5.74) is 0. The molecule has 0 radical (unpaired) electrons. The van der Waals surface area contributed by atoms with Crippen LogP contribution in [0.2, 0.25) is 0 Å². The Hall–Kier alpha value is -0.570. The number of carbonyl (C=O) groups excluding carboxylic acids is 1. The van der Waals surface area contributed by atoms with E-state index in [1.165, 1.54) is 25.7 Å². The minimum atomic E-state index is 0.307. The van der Waals surface area contributed by atoms with E-state index < -0.39 is 0 Å². The molecule has 1 aliphatic heterocycles. The molecule has 1 aliphatic carbocycles. The van der Waals surface area contributed by atoms with Crippen molar-refractivity contribution < 1.29 is 4.79 Å². The summed E-state index contributed by atoms with van der Waals surface area (Å²) in [5.74, 6) is 1.83. The molecule has 2 rings (SSSR count). The predicted molar refractivity (Wildman–Crippen MR) is 69.5 cm³/mol. The quantitative estimate of drug-likeness (QED) is 0.815. The third-order valence-electron chi connectivity index (χ3n) is 4.47. The van der Waals surface area contributed by atoms with Gasteiger partial charge in [-0.1, -0.05) is 39.5 Å². The Bertz CT molecular complexity index is 267. The maximum atomic E-state index is 11.9. The van der Waals surface area contributed by atoms with Gasteiger partial charge in [0, 0.05) is 6.54 Å². The van der Waals surface area contributed by atoms with E-state index in [1.54, 1.807) is 0 Å². The van der Waals surface area contributed by atoms with Gasteiger partial charge in [-0.2, -0.15) is 0 Å². The number of carbonyl (C=O) groups is 1. The largest absolute Gasteiger partial charge is 0.326 e. The highest BCUT2D eigenvalue weighted by Crippen LogP contribution is 2.31. The molecule has 0 aromatic rings. The van der Waals surface area contributed by atoms with Gasteiger partial charge in [-0.05, 0) is 24.7 Å². The van der Waals surface area contributed by atoms with Crippen molar-refractivity contribution in [2.24, 2.45) is 11.8 Å². The van der Waals surface area contributed by atoms with Gasteiger partial charge in [-0.25, -0.2) is 0 Å². The lowest BCUT2D eigenvalue weighted by Crippen LogP contribution is -2.42. The lowest BCUT2D eigenvalue weighted by atomic mass is 9.80. The van der Waals surface area contributed by atoms with Crippen LogP contribution in [0.1, 0.15) is 52.4 Å². The molecule has 2 aliphatic rings. The minimum Gasteiger partial charge on any atom is -0.326 e. The standard InChI is InChI=1S/C14H26N2O/c1-3-6-13-15-9-14(17)16(13)10-12-8-5-4-7-11(12)2/h11-13,15H,3-10H2,1-2H3. The molecule has 98 valence electrons. The fourth-order valence-corrected chi connectivity index (χ4v) is 3.27. The van der Waals surface area contributed by atoms with E-state index in [1.807, 2.05) is 0 Å². The number of hydrogen-bond acceptors (Lipinski definition) is 2. The van der Waals surface area contributed by atoms with Crippen LogP contribution in [0.25, 0.3) is 0 Å². The summed E-state index contributed by atoms with van der Waals surface area (Å²) in [7, 11) is 0. The highest BCUT2D eigenvalue weighted by molar-refractivity contribution is 5.80. The third-order valence-corrected chi connectivity index (χ3v) is 4.47. The first kappa shape index (κ1) is 12.9. The van der Waals surface area contributed by atoms with Crippen molar-refractivity contribution in [3.05, 3.63) is 0 Å². The van der Waals surface area contributed by atoms with E-state index >= 15 is 0 Å². The first-order valence-electron chi connectivity index (χ1n) is 7.25. The summed E-state index contributed by atoms with van der Waals surface area (Å²) in [5, 5.41) is 3.34. The zero-order chi connectivity index (χ0) is 12.3. The fraction of sp³-hybridized carbons (Fsp3) is 0.929. The molecule has 0 bridgehead atoms. The zero-order valence-electron chi connectivity index (χ0n) is 11.2. The summed E-state index contributed by atoms with van der Waals surface area (Å²) in [4.78, 5) is 14.0. The van der Waals surface area contributed by atoms with Gasteiger partial charge in [0.2, 0.25) is 5.91 Å². The van der Waals surface area contributed by atoms with E-state index in [4.69, 9.17) is 0 Å². The Kier molecular flexibility index (Phi) is 4.43. The maximum Gasteiger partial charge on any atom is 0.237 e. The normalized spacial score (nSPS) is 34.4. The van der Waals surface area contributed by atoms with Crippen LogP contribution in [-0.4, -0.2) is 30.1 Å². The molecule has 3 atom stereocenters. The molecule has 2 fully saturated rings. The molecule has 0 aromatic carbocycles. The van der Waals surface area contributed by atoms with Gasteiger partial charge in [0.05, 0.1) is 12.7 Å². The molecule has 0 spiro atoms. The number of hydrogen-bond donors (Lipinski definition) is 1. The van der Waals surface area contributed by atoms with Crippen LogP contribution >= 0.6 is 0 Å². The highest BCUT2D eigenvalue weighted by atomic mass is 16.2. The first-order valence-corrected chi connectivity index (χ1v) is 7.25. The summed E-state index contributed by atoms with van der Waals surface area (Å²) in [6.07, 6.45) is 7.92. The van der Waals surface area contributed by atoms with Gasteiger partial charge in [0.15, 0.2) is 0 Å². The molecule has 1 heterocycles. The number of amides is 1. The summed E-state index contributed by atoms with van der Waals surface area (Å²) < 4.78 is 0. The van der Waals surface area contributed by atoms with Crippen molar-refractivity contribution in [1.29, 1.82) is 0 Å². The molecular formula is C14H26N2O. The van der Waals surface area contributed by atoms with Gasteiger partial charge in [0.25, 0.3) is 0 Å². The molecule has 1 saturated carbocycles. The van der Waals surface area contributed by atoms with Crippen molar-refractivity contribution in [2.45, 2.75) is 58.5 Å². The van der Waals surface area contributed by atoms with Crippen molar-refractivity contribution in [3.8, 4) is 0 Å². The van der Waals surface area contributed by atoms with Crippen LogP contribution in [-0.2, 0) is 4.79 Å². The lowest BCUT2D eigenvalue weighted by Gasteiger charge is -2.34. The van der Waals surface area contributed by atoms with Crippen LogP contribution in [0.4, 0.5) is 0 Å². The van der Waals surface area contributed by atoms with Gasteiger partial charge in [-0.15, -0.1) is 0 Å².